The Kier molecular flexibility index (Phi) is 5.00. The fourth-order valence-corrected chi connectivity index (χ4v) is 4.31. The lowest BCUT2D eigenvalue weighted by molar-refractivity contribution is 0.0856. The molecule has 27 heavy (non-hydrogen) atoms. The standard InChI is InChI=1S/C23H25NO2S/c1-23(12-4-3-5-13-23)24-22(25)21-15-18-7-6-17(14-20(18)26-21)16-8-10-19(27-2)11-9-16/h6-11,14-15H,3-5,12-13H2,1-2H3,(H,24,25). The number of benzene rings is 2. The molecule has 1 heterocycles. The summed E-state index contributed by atoms with van der Waals surface area (Å²) < 4.78 is 5.91. The molecule has 0 atom stereocenters. The third-order valence-electron chi connectivity index (χ3n) is 5.54. The number of carbonyl (C=O) groups is 1. The number of fused-ring (bicyclic) bond motifs is 1. The van der Waals surface area contributed by atoms with Gasteiger partial charge < -0.3 is 9.73 Å². The minimum absolute atomic E-state index is 0.110. The zero-order chi connectivity index (χ0) is 18.9. The molecule has 3 aromatic rings. The van der Waals surface area contributed by atoms with Crippen molar-refractivity contribution in [2.45, 2.75) is 49.5 Å². The van der Waals surface area contributed by atoms with E-state index in [4.69, 9.17) is 4.42 Å². The summed E-state index contributed by atoms with van der Waals surface area (Å²) in [6, 6.07) is 16.4. The number of carbonyl (C=O) groups excluding carboxylic acids is 1. The van der Waals surface area contributed by atoms with Crippen LogP contribution in [0.25, 0.3) is 22.1 Å². The Morgan fingerprint density at radius 1 is 1.00 bits per heavy atom. The monoisotopic (exact) mass is 379 g/mol. The van der Waals surface area contributed by atoms with E-state index in [1.54, 1.807) is 11.8 Å². The van der Waals surface area contributed by atoms with Crippen molar-refractivity contribution < 1.29 is 9.21 Å². The van der Waals surface area contributed by atoms with E-state index in [0.29, 0.717) is 5.76 Å². The van der Waals surface area contributed by atoms with Crippen LogP contribution in [0.1, 0.15) is 49.6 Å². The summed E-state index contributed by atoms with van der Waals surface area (Å²) in [5.74, 6) is 0.285. The Morgan fingerprint density at radius 3 is 2.41 bits per heavy atom. The van der Waals surface area contributed by atoms with Crippen molar-refractivity contribution in [3.63, 3.8) is 0 Å². The van der Waals surface area contributed by atoms with Gasteiger partial charge in [-0.3, -0.25) is 4.79 Å². The molecule has 1 aliphatic carbocycles. The largest absolute Gasteiger partial charge is 0.451 e. The van der Waals surface area contributed by atoms with Crippen LogP contribution in [0.15, 0.2) is 57.8 Å². The first-order valence-electron chi connectivity index (χ1n) is 9.57. The highest BCUT2D eigenvalue weighted by atomic mass is 32.2. The maximum atomic E-state index is 12.7. The molecule has 1 saturated carbocycles. The first-order valence-corrected chi connectivity index (χ1v) is 10.8. The van der Waals surface area contributed by atoms with Gasteiger partial charge in [-0.1, -0.05) is 43.5 Å². The van der Waals surface area contributed by atoms with E-state index in [1.165, 1.54) is 24.2 Å². The molecular formula is C23H25NO2S. The molecule has 4 heteroatoms. The number of hydrogen-bond donors (Lipinski definition) is 1. The molecule has 1 aliphatic rings. The maximum absolute atomic E-state index is 12.7. The van der Waals surface area contributed by atoms with Crippen LogP contribution in [0.4, 0.5) is 0 Å². The van der Waals surface area contributed by atoms with E-state index in [9.17, 15) is 4.79 Å². The molecule has 140 valence electrons. The van der Waals surface area contributed by atoms with Crippen molar-refractivity contribution in [1.29, 1.82) is 0 Å². The lowest BCUT2D eigenvalue weighted by Crippen LogP contribution is -2.47. The van der Waals surface area contributed by atoms with Gasteiger partial charge in [0, 0.05) is 15.8 Å². The van der Waals surface area contributed by atoms with Crippen LogP contribution in [0, 0.1) is 0 Å². The van der Waals surface area contributed by atoms with Gasteiger partial charge in [0.05, 0.1) is 0 Å². The van der Waals surface area contributed by atoms with Gasteiger partial charge in [0.25, 0.3) is 5.91 Å². The van der Waals surface area contributed by atoms with E-state index >= 15 is 0 Å². The van der Waals surface area contributed by atoms with Gasteiger partial charge in [-0.15, -0.1) is 11.8 Å². The van der Waals surface area contributed by atoms with Crippen LogP contribution in [0.2, 0.25) is 0 Å². The number of thioether (sulfide) groups is 1. The van der Waals surface area contributed by atoms with Gasteiger partial charge >= 0.3 is 0 Å². The highest BCUT2D eigenvalue weighted by Gasteiger charge is 2.29. The van der Waals surface area contributed by atoms with Crippen molar-refractivity contribution in [2.24, 2.45) is 0 Å². The van der Waals surface area contributed by atoms with Gasteiger partial charge in [0.1, 0.15) is 5.58 Å². The molecule has 0 radical (unpaired) electrons. The molecule has 1 fully saturated rings. The topological polar surface area (TPSA) is 42.2 Å². The summed E-state index contributed by atoms with van der Waals surface area (Å²) in [6.45, 7) is 2.14. The smallest absolute Gasteiger partial charge is 0.287 e. The first-order chi connectivity index (χ1) is 13.1. The lowest BCUT2D eigenvalue weighted by Gasteiger charge is -2.34. The van der Waals surface area contributed by atoms with Crippen molar-refractivity contribution >= 4 is 28.6 Å². The summed E-state index contributed by atoms with van der Waals surface area (Å²) in [7, 11) is 0. The number of nitrogens with one attached hydrogen (secondary N) is 1. The second kappa shape index (κ2) is 7.43. The number of amides is 1. The van der Waals surface area contributed by atoms with Crippen molar-refractivity contribution in [1.82, 2.24) is 5.32 Å². The molecule has 0 aliphatic heterocycles. The number of rotatable bonds is 4. The molecule has 1 N–H and O–H groups in total. The highest BCUT2D eigenvalue weighted by Crippen LogP contribution is 2.30. The van der Waals surface area contributed by atoms with Gasteiger partial charge in [-0.2, -0.15) is 0 Å². The Balaban J connectivity index is 1.57. The zero-order valence-electron chi connectivity index (χ0n) is 15.9. The van der Waals surface area contributed by atoms with Crippen LogP contribution in [0.5, 0.6) is 0 Å². The second-order valence-electron chi connectivity index (χ2n) is 7.67. The third kappa shape index (κ3) is 3.91. The summed E-state index contributed by atoms with van der Waals surface area (Å²) >= 11 is 1.73. The Bertz CT molecular complexity index is 952. The maximum Gasteiger partial charge on any atom is 0.287 e. The summed E-state index contributed by atoms with van der Waals surface area (Å²) in [5.41, 5.74) is 2.88. The van der Waals surface area contributed by atoms with Gasteiger partial charge in [0.2, 0.25) is 0 Å². The Morgan fingerprint density at radius 2 is 1.70 bits per heavy atom. The van der Waals surface area contributed by atoms with Gasteiger partial charge in [-0.25, -0.2) is 0 Å². The average molecular weight is 380 g/mol. The van der Waals surface area contributed by atoms with Crippen LogP contribution < -0.4 is 5.32 Å². The highest BCUT2D eigenvalue weighted by molar-refractivity contribution is 7.98. The average Bonchev–Trinajstić information content (AvgIpc) is 3.12. The zero-order valence-corrected chi connectivity index (χ0v) is 16.7. The summed E-state index contributed by atoms with van der Waals surface area (Å²) in [5, 5.41) is 4.15. The molecule has 1 amide bonds. The molecular weight excluding hydrogens is 354 g/mol. The second-order valence-corrected chi connectivity index (χ2v) is 8.55. The van der Waals surface area contributed by atoms with Gasteiger partial charge in [-0.05, 0) is 61.4 Å². The van der Waals surface area contributed by atoms with E-state index in [1.807, 2.05) is 18.2 Å². The van der Waals surface area contributed by atoms with Crippen molar-refractivity contribution in [3.05, 3.63) is 54.3 Å². The molecule has 0 saturated heterocycles. The molecule has 1 aromatic heterocycles. The minimum Gasteiger partial charge on any atom is -0.451 e. The van der Waals surface area contributed by atoms with Crippen LogP contribution in [-0.2, 0) is 0 Å². The predicted molar refractivity (Wildman–Crippen MR) is 112 cm³/mol. The first kappa shape index (κ1) is 18.2. The van der Waals surface area contributed by atoms with E-state index in [-0.39, 0.29) is 11.4 Å². The number of hydrogen-bond acceptors (Lipinski definition) is 3. The fraction of sp³-hybridized carbons (Fsp3) is 0.348. The normalized spacial score (nSPS) is 16.4. The SMILES string of the molecule is CSc1ccc(-c2ccc3cc(C(=O)NC4(C)CCCCC4)oc3c2)cc1. The Labute approximate surface area is 164 Å². The fourth-order valence-electron chi connectivity index (χ4n) is 3.90. The predicted octanol–water partition coefficient (Wildman–Crippen LogP) is 6.27. The minimum atomic E-state index is -0.113. The third-order valence-corrected chi connectivity index (χ3v) is 6.28. The summed E-state index contributed by atoms with van der Waals surface area (Å²) in [4.78, 5) is 13.9. The molecule has 0 unspecified atom stereocenters. The van der Waals surface area contributed by atoms with Crippen LogP contribution >= 0.6 is 11.8 Å². The number of furan rings is 1. The lowest BCUT2D eigenvalue weighted by atomic mass is 9.83. The van der Waals surface area contributed by atoms with Crippen LogP contribution in [0.3, 0.4) is 0 Å². The van der Waals surface area contributed by atoms with Crippen molar-refractivity contribution in [2.75, 3.05) is 6.26 Å². The molecule has 3 nitrogen and oxygen atoms in total. The molecule has 0 bridgehead atoms. The van der Waals surface area contributed by atoms with Crippen LogP contribution in [-0.4, -0.2) is 17.7 Å². The van der Waals surface area contributed by atoms with E-state index in [0.717, 1.165) is 34.9 Å². The van der Waals surface area contributed by atoms with E-state index in [2.05, 4.69) is 48.8 Å². The van der Waals surface area contributed by atoms with Gasteiger partial charge in [0.15, 0.2) is 5.76 Å². The molecule has 4 rings (SSSR count). The quantitative estimate of drug-likeness (QED) is 0.543. The molecule has 2 aromatic carbocycles. The molecule has 0 spiro atoms. The summed E-state index contributed by atoms with van der Waals surface area (Å²) in [6.07, 6.45) is 7.76. The van der Waals surface area contributed by atoms with Crippen molar-refractivity contribution in [3.8, 4) is 11.1 Å². The van der Waals surface area contributed by atoms with E-state index < -0.39 is 0 Å². The Hall–Kier alpha value is -2.20.